The van der Waals surface area contributed by atoms with Crippen LogP contribution in [-0.2, 0) is 14.3 Å². The third kappa shape index (κ3) is 6.36. The molecule has 1 heterocycles. The molecule has 0 unspecified atom stereocenters. The molecule has 1 aliphatic rings. The van der Waals surface area contributed by atoms with Gasteiger partial charge in [0.2, 0.25) is 5.91 Å². The molecule has 2 aromatic carbocycles. The summed E-state index contributed by atoms with van der Waals surface area (Å²) < 4.78 is 16.2. The third-order valence-electron chi connectivity index (χ3n) is 5.58. The van der Waals surface area contributed by atoms with Crippen molar-refractivity contribution in [2.24, 2.45) is 4.99 Å². The summed E-state index contributed by atoms with van der Waals surface area (Å²) in [5, 5.41) is 6.58. The van der Waals surface area contributed by atoms with E-state index in [9.17, 15) is 9.59 Å². The van der Waals surface area contributed by atoms with Crippen LogP contribution in [0.4, 0.5) is 5.69 Å². The number of carbonyl (C=O) groups is 2. The Balaban J connectivity index is 1.86. The zero-order chi connectivity index (χ0) is 25.5. The van der Waals surface area contributed by atoms with E-state index in [1.165, 1.54) is 11.8 Å². The first-order chi connectivity index (χ1) is 16.8. The number of benzene rings is 2. The van der Waals surface area contributed by atoms with E-state index in [0.29, 0.717) is 33.5 Å². The first-order valence-electron chi connectivity index (χ1n) is 11.2. The number of thioether (sulfide) groups is 1. The molecule has 0 radical (unpaired) electrons. The molecule has 8 nitrogen and oxygen atoms in total. The average molecular weight is 498 g/mol. The molecule has 0 saturated carbocycles. The van der Waals surface area contributed by atoms with Gasteiger partial charge in [-0.2, -0.15) is 0 Å². The lowest BCUT2D eigenvalue weighted by atomic mass is 9.95. The zero-order valence-electron chi connectivity index (χ0n) is 20.9. The van der Waals surface area contributed by atoms with Crippen molar-refractivity contribution >= 4 is 34.5 Å². The lowest BCUT2D eigenvalue weighted by Crippen LogP contribution is -2.31. The summed E-state index contributed by atoms with van der Waals surface area (Å²) in [7, 11) is 3.13. The van der Waals surface area contributed by atoms with E-state index < -0.39 is 12.0 Å². The summed E-state index contributed by atoms with van der Waals surface area (Å²) in [6, 6.07) is 10.4. The molecule has 1 amide bonds. The lowest BCUT2D eigenvalue weighted by molar-refractivity contribution is -0.139. The quantitative estimate of drug-likeness (QED) is 0.517. The molecule has 0 aliphatic carbocycles. The molecule has 0 fully saturated rings. The van der Waals surface area contributed by atoms with Crippen LogP contribution in [0.25, 0.3) is 0 Å². The number of amidine groups is 1. The minimum atomic E-state index is -0.689. The average Bonchev–Trinajstić information content (AvgIpc) is 2.84. The van der Waals surface area contributed by atoms with E-state index >= 15 is 0 Å². The molecule has 0 spiro atoms. The summed E-state index contributed by atoms with van der Waals surface area (Å²) in [6.45, 7) is 7.81. The lowest BCUT2D eigenvalue weighted by Gasteiger charge is -2.27. The fraction of sp³-hybridized carbons (Fsp3) is 0.346. The summed E-state index contributed by atoms with van der Waals surface area (Å²) in [5.74, 6) is 0.692. The number of aliphatic imine (C=N–C) groups is 1. The van der Waals surface area contributed by atoms with Crippen LogP contribution >= 0.6 is 11.8 Å². The van der Waals surface area contributed by atoms with E-state index in [1.807, 2.05) is 32.0 Å². The van der Waals surface area contributed by atoms with Gasteiger partial charge in [0.1, 0.15) is 17.5 Å². The smallest absolute Gasteiger partial charge is 0.338 e. The van der Waals surface area contributed by atoms with Crippen LogP contribution in [0.2, 0.25) is 0 Å². The van der Waals surface area contributed by atoms with Gasteiger partial charge in [0.25, 0.3) is 0 Å². The molecular formula is C26H31N3O5S. The van der Waals surface area contributed by atoms with Crippen LogP contribution in [0.3, 0.4) is 0 Å². The second-order valence-corrected chi connectivity index (χ2v) is 8.93. The highest BCUT2D eigenvalue weighted by molar-refractivity contribution is 8.14. The number of hydrogen-bond donors (Lipinski definition) is 2. The summed E-state index contributed by atoms with van der Waals surface area (Å²) in [6.07, 6.45) is 0. The number of anilines is 1. The summed E-state index contributed by atoms with van der Waals surface area (Å²) in [5.41, 5.74) is 4.66. The number of rotatable bonds is 8. The van der Waals surface area contributed by atoms with Gasteiger partial charge in [-0.05, 0) is 69.2 Å². The van der Waals surface area contributed by atoms with Gasteiger partial charge in [0, 0.05) is 16.9 Å². The maximum atomic E-state index is 12.8. The predicted molar refractivity (Wildman–Crippen MR) is 139 cm³/mol. The first-order valence-corrected chi connectivity index (χ1v) is 12.2. The normalized spacial score (nSPS) is 15.1. The van der Waals surface area contributed by atoms with Crippen molar-refractivity contribution in [1.82, 2.24) is 5.32 Å². The number of hydrogen-bond acceptors (Lipinski definition) is 8. The Labute approximate surface area is 210 Å². The molecule has 35 heavy (non-hydrogen) atoms. The number of ether oxygens (including phenoxy) is 3. The van der Waals surface area contributed by atoms with Crippen molar-refractivity contribution in [3.05, 3.63) is 64.4 Å². The van der Waals surface area contributed by atoms with Gasteiger partial charge < -0.3 is 24.8 Å². The molecule has 1 atom stereocenters. The Morgan fingerprint density at radius 1 is 1.06 bits per heavy atom. The van der Waals surface area contributed by atoms with E-state index in [2.05, 4.69) is 10.6 Å². The molecule has 2 N–H and O–H groups in total. The SMILES string of the molecule is CCOC(=O)C1=C(C)NC(SCC(=O)Nc2ccc(C)c(C)c2)=N[C@H]1c1cc(OC)ccc1OC. The van der Waals surface area contributed by atoms with Crippen LogP contribution in [0.15, 0.2) is 52.7 Å². The van der Waals surface area contributed by atoms with Crippen LogP contribution in [0, 0.1) is 13.8 Å². The van der Waals surface area contributed by atoms with E-state index in [1.54, 1.807) is 46.3 Å². The minimum absolute atomic E-state index is 0.142. The molecule has 1 aliphatic heterocycles. The van der Waals surface area contributed by atoms with Crippen molar-refractivity contribution < 1.29 is 23.8 Å². The monoisotopic (exact) mass is 497 g/mol. The van der Waals surface area contributed by atoms with Crippen LogP contribution in [-0.4, -0.2) is 43.6 Å². The highest BCUT2D eigenvalue weighted by Gasteiger charge is 2.32. The van der Waals surface area contributed by atoms with Crippen LogP contribution in [0.1, 0.15) is 36.6 Å². The molecular weight excluding hydrogens is 466 g/mol. The van der Waals surface area contributed by atoms with Crippen molar-refractivity contribution in [2.75, 3.05) is 31.9 Å². The molecule has 3 rings (SSSR count). The number of carbonyl (C=O) groups excluding carboxylic acids is 2. The third-order valence-corrected chi connectivity index (χ3v) is 6.46. The van der Waals surface area contributed by atoms with Gasteiger partial charge in [0.15, 0.2) is 5.17 Å². The highest BCUT2D eigenvalue weighted by Crippen LogP contribution is 2.39. The number of amides is 1. The predicted octanol–water partition coefficient (Wildman–Crippen LogP) is 4.53. The van der Waals surface area contributed by atoms with Crippen LogP contribution < -0.4 is 20.1 Å². The maximum absolute atomic E-state index is 12.8. The first kappa shape index (κ1) is 26.2. The van der Waals surface area contributed by atoms with E-state index in [4.69, 9.17) is 19.2 Å². The van der Waals surface area contributed by atoms with Gasteiger partial charge in [-0.3, -0.25) is 4.79 Å². The second kappa shape index (κ2) is 11.8. The van der Waals surface area contributed by atoms with Crippen molar-refractivity contribution in [1.29, 1.82) is 0 Å². The summed E-state index contributed by atoms with van der Waals surface area (Å²) >= 11 is 1.25. The van der Waals surface area contributed by atoms with Gasteiger partial charge in [0.05, 0.1) is 32.2 Å². The van der Waals surface area contributed by atoms with E-state index in [-0.39, 0.29) is 18.3 Å². The standard InChI is InChI=1S/C26H31N3O5S/c1-7-34-25(31)23-17(4)27-26(29-24(23)20-13-19(32-5)10-11-21(20)33-6)35-14-22(30)28-18-9-8-15(2)16(3)12-18/h8-13,24H,7,14H2,1-6H3,(H,27,29)(H,28,30)/t24-/m0/s1. The Kier molecular flexibility index (Phi) is 8.81. The second-order valence-electron chi connectivity index (χ2n) is 7.96. The van der Waals surface area contributed by atoms with Crippen molar-refractivity contribution in [3.8, 4) is 11.5 Å². The summed E-state index contributed by atoms with van der Waals surface area (Å²) in [4.78, 5) is 30.2. The van der Waals surface area contributed by atoms with Crippen molar-refractivity contribution in [3.63, 3.8) is 0 Å². The molecule has 186 valence electrons. The Morgan fingerprint density at radius 3 is 2.49 bits per heavy atom. The van der Waals surface area contributed by atoms with Gasteiger partial charge in [-0.15, -0.1) is 0 Å². The number of methoxy groups -OCH3 is 2. The fourth-order valence-electron chi connectivity index (χ4n) is 3.62. The number of allylic oxidation sites excluding steroid dienone is 1. The van der Waals surface area contributed by atoms with Crippen molar-refractivity contribution in [2.45, 2.75) is 33.7 Å². The fourth-order valence-corrected chi connectivity index (χ4v) is 4.37. The largest absolute Gasteiger partial charge is 0.497 e. The number of aryl methyl sites for hydroxylation is 2. The number of esters is 1. The molecule has 0 bridgehead atoms. The van der Waals surface area contributed by atoms with E-state index in [0.717, 1.165) is 16.8 Å². The molecule has 0 aromatic heterocycles. The maximum Gasteiger partial charge on any atom is 0.338 e. The number of nitrogens with one attached hydrogen (secondary N) is 2. The van der Waals surface area contributed by atoms with Gasteiger partial charge in [-0.25, -0.2) is 9.79 Å². The Morgan fingerprint density at radius 2 is 1.83 bits per heavy atom. The highest BCUT2D eigenvalue weighted by atomic mass is 32.2. The molecule has 2 aromatic rings. The van der Waals surface area contributed by atoms with Gasteiger partial charge >= 0.3 is 5.97 Å². The van der Waals surface area contributed by atoms with Crippen LogP contribution in [0.5, 0.6) is 11.5 Å². The number of nitrogens with zero attached hydrogens (tertiary/aromatic N) is 1. The Hall–Kier alpha value is -3.46. The zero-order valence-corrected chi connectivity index (χ0v) is 21.7. The molecule has 0 saturated heterocycles. The topological polar surface area (TPSA) is 98.2 Å². The van der Waals surface area contributed by atoms with Gasteiger partial charge in [-0.1, -0.05) is 17.8 Å². The molecule has 9 heteroatoms. The minimum Gasteiger partial charge on any atom is -0.497 e. The Bertz CT molecular complexity index is 1180.